The summed E-state index contributed by atoms with van der Waals surface area (Å²) in [5, 5.41) is 11.3. The molecule has 2 aromatic carbocycles. The molecule has 1 aliphatic rings. The van der Waals surface area contributed by atoms with Gasteiger partial charge in [-0.25, -0.2) is 5.43 Å². The van der Waals surface area contributed by atoms with Gasteiger partial charge in [0.2, 0.25) is 0 Å². The van der Waals surface area contributed by atoms with E-state index >= 15 is 0 Å². The lowest BCUT2D eigenvalue weighted by atomic mass is 9.89. The quantitative estimate of drug-likeness (QED) is 0.541. The SMILES string of the molecule is CCOc1ccccc1/C=N\NC(=O)c1[nH]nc2c1CCc1ccccc1-2. The number of fused-ring (bicyclic) bond motifs is 3. The Balaban J connectivity index is 1.52. The number of para-hydroxylation sites is 1. The van der Waals surface area contributed by atoms with Crippen LogP contribution in [0.25, 0.3) is 11.3 Å². The van der Waals surface area contributed by atoms with E-state index in [1.165, 1.54) is 5.56 Å². The lowest BCUT2D eigenvalue weighted by Crippen LogP contribution is -2.20. The van der Waals surface area contributed by atoms with Gasteiger partial charge in [0, 0.05) is 16.7 Å². The minimum absolute atomic E-state index is 0.298. The first-order valence-electron chi connectivity index (χ1n) is 8.98. The Kier molecular flexibility index (Phi) is 4.70. The molecular formula is C21H20N4O2. The lowest BCUT2D eigenvalue weighted by Gasteiger charge is -2.15. The van der Waals surface area contributed by atoms with E-state index in [1.54, 1.807) is 6.21 Å². The van der Waals surface area contributed by atoms with Gasteiger partial charge in [-0.15, -0.1) is 0 Å². The number of hydrogen-bond acceptors (Lipinski definition) is 4. The summed E-state index contributed by atoms with van der Waals surface area (Å²) in [4.78, 5) is 12.6. The number of H-pyrrole nitrogens is 1. The normalized spacial score (nSPS) is 12.5. The average molecular weight is 360 g/mol. The highest BCUT2D eigenvalue weighted by Gasteiger charge is 2.24. The Morgan fingerprint density at radius 3 is 2.93 bits per heavy atom. The van der Waals surface area contributed by atoms with Gasteiger partial charge in [-0.3, -0.25) is 9.89 Å². The van der Waals surface area contributed by atoms with Crippen molar-refractivity contribution in [3.8, 4) is 17.0 Å². The number of carbonyl (C=O) groups is 1. The van der Waals surface area contributed by atoms with E-state index in [1.807, 2.05) is 49.4 Å². The van der Waals surface area contributed by atoms with E-state index < -0.39 is 0 Å². The van der Waals surface area contributed by atoms with Crippen LogP contribution < -0.4 is 10.2 Å². The summed E-state index contributed by atoms with van der Waals surface area (Å²) in [6, 6.07) is 15.7. The minimum Gasteiger partial charge on any atom is -0.493 e. The summed E-state index contributed by atoms with van der Waals surface area (Å²) in [6.07, 6.45) is 3.26. The number of rotatable bonds is 5. The minimum atomic E-state index is -0.298. The third kappa shape index (κ3) is 3.33. The fourth-order valence-corrected chi connectivity index (χ4v) is 3.34. The van der Waals surface area contributed by atoms with Gasteiger partial charge in [-0.2, -0.15) is 10.2 Å². The maximum absolute atomic E-state index is 12.6. The smallest absolute Gasteiger partial charge is 0.289 e. The summed E-state index contributed by atoms with van der Waals surface area (Å²) in [5.74, 6) is 0.432. The van der Waals surface area contributed by atoms with E-state index in [9.17, 15) is 4.79 Å². The Morgan fingerprint density at radius 2 is 2.04 bits per heavy atom. The maximum Gasteiger partial charge on any atom is 0.289 e. The third-order valence-corrected chi connectivity index (χ3v) is 4.60. The molecule has 0 spiro atoms. The molecule has 1 aromatic heterocycles. The van der Waals surface area contributed by atoms with Crippen molar-refractivity contribution < 1.29 is 9.53 Å². The molecule has 0 fully saturated rings. The van der Waals surface area contributed by atoms with E-state index in [-0.39, 0.29) is 5.91 Å². The number of aryl methyl sites for hydroxylation is 1. The average Bonchev–Trinajstić information content (AvgIpc) is 3.14. The Morgan fingerprint density at radius 1 is 1.22 bits per heavy atom. The molecule has 0 saturated heterocycles. The molecule has 1 aliphatic carbocycles. The molecule has 0 bridgehead atoms. The van der Waals surface area contributed by atoms with Crippen molar-refractivity contribution in [2.45, 2.75) is 19.8 Å². The van der Waals surface area contributed by atoms with Crippen molar-refractivity contribution in [2.75, 3.05) is 6.61 Å². The van der Waals surface area contributed by atoms with E-state index in [0.29, 0.717) is 12.3 Å². The Labute approximate surface area is 157 Å². The molecule has 1 amide bonds. The number of ether oxygens (including phenoxy) is 1. The molecule has 27 heavy (non-hydrogen) atoms. The molecule has 2 N–H and O–H groups in total. The number of carbonyl (C=O) groups excluding carboxylic acids is 1. The van der Waals surface area contributed by atoms with Gasteiger partial charge >= 0.3 is 0 Å². The second kappa shape index (κ2) is 7.45. The van der Waals surface area contributed by atoms with E-state index in [2.05, 4.69) is 26.8 Å². The topological polar surface area (TPSA) is 79.4 Å². The van der Waals surface area contributed by atoms with Crippen molar-refractivity contribution in [3.05, 3.63) is 70.9 Å². The summed E-state index contributed by atoms with van der Waals surface area (Å²) in [5.41, 5.74) is 7.99. The summed E-state index contributed by atoms with van der Waals surface area (Å²) in [7, 11) is 0. The maximum atomic E-state index is 12.6. The van der Waals surface area contributed by atoms with E-state index in [0.717, 1.165) is 41.0 Å². The van der Waals surface area contributed by atoms with Gasteiger partial charge in [0.25, 0.3) is 5.91 Å². The van der Waals surface area contributed by atoms with Crippen molar-refractivity contribution in [3.63, 3.8) is 0 Å². The molecule has 1 heterocycles. The zero-order valence-electron chi connectivity index (χ0n) is 15.0. The van der Waals surface area contributed by atoms with Crippen molar-refractivity contribution in [1.82, 2.24) is 15.6 Å². The van der Waals surface area contributed by atoms with E-state index in [4.69, 9.17) is 4.74 Å². The van der Waals surface area contributed by atoms with Crippen LogP contribution in [0, 0.1) is 0 Å². The molecule has 136 valence electrons. The fraction of sp³-hybridized carbons (Fsp3) is 0.190. The van der Waals surface area contributed by atoms with Crippen molar-refractivity contribution in [1.29, 1.82) is 0 Å². The molecule has 0 atom stereocenters. The van der Waals surface area contributed by atoms with Crippen LogP contribution in [0.4, 0.5) is 0 Å². The van der Waals surface area contributed by atoms with Gasteiger partial charge in [0.1, 0.15) is 11.4 Å². The first-order chi connectivity index (χ1) is 13.3. The molecule has 4 rings (SSSR count). The van der Waals surface area contributed by atoms with Crippen LogP contribution in [-0.4, -0.2) is 28.9 Å². The van der Waals surface area contributed by atoms with Gasteiger partial charge in [-0.05, 0) is 37.5 Å². The van der Waals surface area contributed by atoms with Gasteiger partial charge in [0.15, 0.2) is 0 Å². The summed E-state index contributed by atoms with van der Waals surface area (Å²) >= 11 is 0. The predicted octanol–water partition coefficient (Wildman–Crippen LogP) is 3.34. The zero-order valence-corrected chi connectivity index (χ0v) is 15.0. The zero-order chi connectivity index (χ0) is 18.6. The summed E-state index contributed by atoms with van der Waals surface area (Å²) in [6.45, 7) is 2.49. The van der Waals surface area contributed by atoms with Crippen LogP contribution >= 0.6 is 0 Å². The highest BCUT2D eigenvalue weighted by Crippen LogP contribution is 2.33. The second-order valence-corrected chi connectivity index (χ2v) is 6.25. The first-order valence-corrected chi connectivity index (χ1v) is 8.98. The standard InChI is InChI=1S/C21H20N4O2/c1-2-27-18-10-6-4-8-15(18)13-22-25-21(26)20-17-12-11-14-7-3-5-9-16(14)19(17)23-24-20/h3-10,13H,2,11-12H2,1H3,(H,23,24)(H,25,26)/b22-13-. The fourth-order valence-electron chi connectivity index (χ4n) is 3.34. The second-order valence-electron chi connectivity index (χ2n) is 6.25. The van der Waals surface area contributed by atoms with Gasteiger partial charge in [0.05, 0.1) is 18.5 Å². The number of amides is 1. The van der Waals surface area contributed by atoms with Crippen LogP contribution in [-0.2, 0) is 12.8 Å². The number of nitrogens with one attached hydrogen (secondary N) is 2. The highest BCUT2D eigenvalue weighted by atomic mass is 16.5. The third-order valence-electron chi connectivity index (χ3n) is 4.60. The number of aromatic nitrogens is 2. The number of aromatic amines is 1. The molecule has 6 nitrogen and oxygen atoms in total. The molecule has 3 aromatic rings. The van der Waals surface area contributed by atoms with Crippen LogP contribution in [0.2, 0.25) is 0 Å². The number of hydrogen-bond donors (Lipinski definition) is 2. The van der Waals surface area contributed by atoms with Gasteiger partial charge in [-0.1, -0.05) is 36.4 Å². The number of benzene rings is 2. The highest BCUT2D eigenvalue weighted by molar-refractivity contribution is 5.96. The van der Waals surface area contributed by atoms with Crippen molar-refractivity contribution in [2.24, 2.45) is 5.10 Å². The number of hydrazone groups is 1. The van der Waals surface area contributed by atoms with Crippen LogP contribution in [0.5, 0.6) is 5.75 Å². The Bertz CT molecular complexity index is 1010. The lowest BCUT2D eigenvalue weighted by molar-refractivity contribution is 0.0949. The molecule has 0 aliphatic heterocycles. The molecule has 6 heteroatoms. The van der Waals surface area contributed by atoms with Crippen LogP contribution in [0.15, 0.2) is 53.6 Å². The molecule has 0 saturated carbocycles. The molecule has 0 radical (unpaired) electrons. The summed E-state index contributed by atoms with van der Waals surface area (Å²) < 4.78 is 5.55. The molecule has 0 unspecified atom stereocenters. The number of nitrogens with zero attached hydrogens (tertiary/aromatic N) is 2. The van der Waals surface area contributed by atoms with Crippen LogP contribution in [0.1, 0.15) is 34.1 Å². The van der Waals surface area contributed by atoms with Crippen LogP contribution in [0.3, 0.4) is 0 Å². The van der Waals surface area contributed by atoms with Crippen molar-refractivity contribution >= 4 is 12.1 Å². The first kappa shape index (κ1) is 17.0. The largest absolute Gasteiger partial charge is 0.493 e. The van der Waals surface area contributed by atoms with Gasteiger partial charge < -0.3 is 4.74 Å². The predicted molar refractivity (Wildman–Crippen MR) is 104 cm³/mol. The Hall–Kier alpha value is -3.41. The monoisotopic (exact) mass is 360 g/mol. The molecular weight excluding hydrogens is 340 g/mol.